The van der Waals surface area contributed by atoms with Crippen LogP contribution in [0, 0.1) is 12.3 Å². The minimum Gasteiger partial charge on any atom is -0.462 e. The Labute approximate surface area is 195 Å². The normalized spacial score (nSPS) is 26.4. The molecule has 0 spiro atoms. The van der Waals surface area contributed by atoms with Gasteiger partial charge in [0.2, 0.25) is 11.6 Å². The Hall–Kier alpha value is -2.82. The summed E-state index contributed by atoms with van der Waals surface area (Å²) in [6.07, 6.45) is 1.64. The van der Waals surface area contributed by atoms with Crippen molar-refractivity contribution in [3.05, 3.63) is 6.33 Å². The number of ether oxygens (including phenoxy) is 2. The van der Waals surface area contributed by atoms with Crippen molar-refractivity contribution in [2.24, 2.45) is 0 Å². The molecule has 0 amide bonds. The van der Waals surface area contributed by atoms with Crippen molar-refractivity contribution in [3.8, 4) is 12.3 Å². The molecule has 186 valence electrons. The summed E-state index contributed by atoms with van der Waals surface area (Å²) in [5, 5.41) is 15.9. The zero-order valence-electron chi connectivity index (χ0n) is 19.0. The number of fused-ring (bicyclic) bond motifs is 1. The number of esters is 1. The Morgan fingerprint density at radius 2 is 2.21 bits per heavy atom. The molecule has 3 rings (SSSR count). The quantitative estimate of drug-likeness (QED) is 0.212. The fourth-order valence-corrected chi connectivity index (χ4v) is 4.23. The summed E-state index contributed by atoms with van der Waals surface area (Å²) in [6, 6.07) is -0.911. The van der Waals surface area contributed by atoms with Gasteiger partial charge in [0.05, 0.1) is 19.0 Å². The van der Waals surface area contributed by atoms with Gasteiger partial charge in [-0.15, -0.1) is 6.42 Å². The third kappa shape index (κ3) is 4.98. The Bertz CT molecular complexity index is 1120. The van der Waals surface area contributed by atoms with Gasteiger partial charge in [-0.1, -0.05) is 5.92 Å². The predicted octanol–water partition coefficient (Wildman–Crippen LogP) is 0.386. The van der Waals surface area contributed by atoms with E-state index in [0.717, 1.165) is 0 Å². The highest BCUT2D eigenvalue weighted by molar-refractivity contribution is 7.36. The smallest absolute Gasteiger partial charge is 0.323 e. The first-order valence-electron chi connectivity index (χ1n) is 10.3. The van der Waals surface area contributed by atoms with E-state index in [-0.39, 0.29) is 23.2 Å². The second-order valence-corrected chi connectivity index (χ2v) is 8.99. The number of aromatic nitrogens is 4. The minimum absolute atomic E-state index is 0.100. The predicted molar refractivity (Wildman–Crippen MR) is 121 cm³/mol. The van der Waals surface area contributed by atoms with Crippen LogP contribution in [-0.4, -0.2) is 74.3 Å². The van der Waals surface area contributed by atoms with Crippen LogP contribution in [0.1, 0.15) is 27.0 Å². The maximum absolute atomic E-state index is 15.7. The molecule has 1 unspecified atom stereocenters. The van der Waals surface area contributed by atoms with Gasteiger partial charge >= 0.3 is 5.97 Å². The van der Waals surface area contributed by atoms with E-state index in [1.54, 1.807) is 20.9 Å². The van der Waals surface area contributed by atoms with Gasteiger partial charge in [0.1, 0.15) is 18.2 Å². The van der Waals surface area contributed by atoms with Crippen molar-refractivity contribution in [2.45, 2.75) is 57.0 Å². The fraction of sp³-hybridized carbons (Fsp3) is 0.579. The van der Waals surface area contributed by atoms with E-state index < -0.39 is 50.9 Å². The second kappa shape index (κ2) is 10.2. The molecule has 13 nitrogen and oxygen atoms in total. The average molecular weight is 499 g/mol. The first kappa shape index (κ1) is 25.8. The number of carbonyl (C=O) groups is 1. The first-order valence-corrected chi connectivity index (χ1v) is 11.6. The highest BCUT2D eigenvalue weighted by Gasteiger charge is 2.58. The Kier molecular flexibility index (Phi) is 7.74. The molecule has 6 atom stereocenters. The van der Waals surface area contributed by atoms with Crippen LogP contribution in [0.3, 0.4) is 0 Å². The van der Waals surface area contributed by atoms with Gasteiger partial charge in [0.25, 0.3) is 8.18 Å². The van der Waals surface area contributed by atoms with Gasteiger partial charge in [-0.3, -0.25) is 13.9 Å². The summed E-state index contributed by atoms with van der Waals surface area (Å²) in [6.45, 7) is 4.33. The van der Waals surface area contributed by atoms with Gasteiger partial charge in [-0.2, -0.15) is 9.97 Å². The van der Waals surface area contributed by atoms with E-state index in [9.17, 15) is 14.5 Å². The molecule has 34 heavy (non-hydrogen) atoms. The number of nitrogen functional groups attached to an aromatic ring is 1. The van der Waals surface area contributed by atoms with Gasteiger partial charge in [-0.25, -0.2) is 14.5 Å². The Morgan fingerprint density at radius 3 is 2.82 bits per heavy atom. The number of rotatable bonds is 9. The van der Waals surface area contributed by atoms with Crippen LogP contribution in [-0.2, 0) is 23.4 Å². The van der Waals surface area contributed by atoms with Crippen molar-refractivity contribution in [2.75, 3.05) is 24.7 Å². The van der Waals surface area contributed by atoms with Crippen LogP contribution in [0.2, 0.25) is 0 Å². The lowest BCUT2D eigenvalue weighted by Gasteiger charge is -2.23. The zero-order chi connectivity index (χ0) is 25.2. The third-order valence-corrected chi connectivity index (χ3v) is 6.11. The van der Waals surface area contributed by atoms with Gasteiger partial charge < -0.3 is 30.2 Å². The van der Waals surface area contributed by atoms with Crippen molar-refractivity contribution in [1.82, 2.24) is 24.6 Å². The zero-order valence-corrected chi connectivity index (χ0v) is 20.0. The summed E-state index contributed by atoms with van der Waals surface area (Å²) < 4.78 is 45.1. The number of nitrogens with two attached hydrogens (primary N) is 1. The second-order valence-electron chi connectivity index (χ2n) is 7.84. The van der Waals surface area contributed by atoms with Crippen LogP contribution in [0.5, 0.6) is 0 Å². The van der Waals surface area contributed by atoms with E-state index in [1.165, 1.54) is 17.8 Å². The summed E-state index contributed by atoms with van der Waals surface area (Å²) in [5.74, 6) is 1.53. The van der Waals surface area contributed by atoms with Crippen LogP contribution >= 0.6 is 8.18 Å². The van der Waals surface area contributed by atoms with Crippen molar-refractivity contribution >= 4 is 37.1 Å². The highest BCUT2D eigenvalue weighted by Crippen LogP contribution is 2.43. The standard InChI is InChI=1S/C19H27FN7O6P/c1-6-19(20)13(28)11(7-31-34(30)26-10(4)16(29)32-9(2)3)33-17(19)27-8-23-12-14(22-5)24-18(21)25-15(12)27/h1,8-11,13,17,28,34H,7H2,2-5H3,(H,26,30)(H3,21,22,24,25)/t10-,11+,13+,17+,19+/m0/s1. The molecule has 1 fully saturated rings. The van der Waals surface area contributed by atoms with Gasteiger partial charge in [-0.05, 0) is 20.8 Å². The van der Waals surface area contributed by atoms with Gasteiger partial charge in [0.15, 0.2) is 23.2 Å². The van der Waals surface area contributed by atoms with Crippen LogP contribution in [0.4, 0.5) is 16.2 Å². The third-order valence-electron chi connectivity index (χ3n) is 5.01. The molecule has 2 aromatic heterocycles. The number of anilines is 2. The van der Waals surface area contributed by atoms with Crippen molar-refractivity contribution < 1.29 is 32.9 Å². The number of alkyl halides is 1. The van der Waals surface area contributed by atoms with Gasteiger partial charge in [0, 0.05) is 7.05 Å². The van der Waals surface area contributed by atoms with E-state index in [1.807, 2.05) is 5.92 Å². The van der Waals surface area contributed by atoms with E-state index in [0.29, 0.717) is 5.82 Å². The molecule has 2 aromatic rings. The number of imidazole rings is 1. The maximum Gasteiger partial charge on any atom is 0.323 e. The lowest BCUT2D eigenvalue weighted by atomic mass is 9.97. The number of hydrogen-bond donors (Lipinski definition) is 4. The minimum atomic E-state index is -2.97. The molecule has 1 saturated heterocycles. The topological polar surface area (TPSA) is 176 Å². The molecule has 0 bridgehead atoms. The molecule has 0 aromatic carbocycles. The molecular formula is C19H27FN7O6P. The monoisotopic (exact) mass is 499 g/mol. The van der Waals surface area contributed by atoms with E-state index >= 15 is 4.39 Å². The van der Waals surface area contributed by atoms with E-state index in [4.69, 9.17) is 26.2 Å². The largest absolute Gasteiger partial charge is 0.462 e. The number of hydrogen-bond acceptors (Lipinski definition) is 11. The summed E-state index contributed by atoms with van der Waals surface area (Å²) >= 11 is 0. The van der Waals surface area contributed by atoms with Crippen LogP contribution in [0.25, 0.3) is 11.2 Å². The summed E-state index contributed by atoms with van der Waals surface area (Å²) in [4.78, 5) is 24.1. The lowest BCUT2D eigenvalue weighted by molar-refractivity contribution is -0.149. The lowest BCUT2D eigenvalue weighted by Crippen LogP contribution is -2.42. The molecule has 1 aliphatic rings. The van der Waals surface area contributed by atoms with E-state index in [2.05, 4.69) is 25.4 Å². The molecular weight excluding hydrogens is 472 g/mol. The number of carbonyl (C=O) groups excluding carboxylic acids is 1. The molecule has 0 aliphatic carbocycles. The number of aliphatic hydroxyl groups excluding tert-OH is 1. The molecule has 0 radical (unpaired) electrons. The Balaban J connectivity index is 1.75. The summed E-state index contributed by atoms with van der Waals surface area (Å²) in [5.41, 5.74) is 3.44. The van der Waals surface area contributed by atoms with Crippen molar-refractivity contribution in [1.29, 1.82) is 0 Å². The van der Waals surface area contributed by atoms with Crippen LogP contribution < -0.4 is 16.1 Å². The highest BCUT2D eigenvalue weighted by atomic mass is 31.1. The molecule has 3 heterocycles. The number of terminal acetylenes is 1. The molecule has 1 aliphatic heterocycles. The number of halogens is 1. The molecule has 15 heteroatoms. The maximum atomic E-state index is 15.7. The Morgan fingerprint density at radius 1 is 1.50 bits per heavy atom. The number of aliphatic hydroxyl groups is 1. The summed E-state index contributed by atoms with van der Waals surface area (Å²) in [7, 11) is -1.37. The number of nitrogens with zero attached hydrogens (tertiary/aromatic N) is 4. The molecule has 0 saturated carbocycles. The van der Waals surface area contributed by atoms with Crippen LogP contribution in [0.15, 0.2) is 6.33 Å². The molecule has 5 N–H and O–H groups in total. The number of nitrogens with one attached hydrogen (secondary N) is 2. The first-order chi connectivity index (χ1) is 16.0. The SMILES string of the molecule is C#C[C@@]1(F)[C@H](O)[C@@H](CO[PH](=O)N[C@@H](C)C(=O)OC(C)C)O[C@H]1n1cnc2c(NC)nc(N)nc21. The average Bonchev–Trinajstić information content (AvgIpc) is 3.30. The fourth-order valence-electron chi connectivity index (χ4n) is 3.36. The van der Waals surface area contributed by atoms with Crippen molar-refractivity contribution in [3.63, 3.8) is 0 Å².